The van der Waals surface area contributed by atoms with Crippen LogP contribution in [0.4, 0.5) is 0 Å². The Morgan fingerprint density at radius 2 is 1.65 bits per heavy atom. The quantitative estimate of drug-likeness (QED) is 0.195. The maximum atomic E-state index is 13.0. The molecule has 5 nitrogen and oxygen atoms in total. The lowest BCUT2D eigenvalue weighted by molar-refractivity contribution is -0.238. The highest BCUT2D eigenvalue weighted by molar-refractivity contribution is 5.99. The monoisotopic (exact) mass is 512 g/mol. The Hall–Kier alpha value is -1.23. The highest BCUT2D eigenvalue weighted by Gasteiger charge is 2.73. The number of ketones is 1. The van der Waals surface area contributed by atoms with Gasteiger partial charge in [-0.15, -0.1) is 0 Å². The summed E-state index contributed by atoms with van der Waals surface area (Å²) in [6, 6.07) is 0. The van der Waals surface area contributed by atoms with Crippen LogP contribution in [0.2, 0.25) is 0 Å². The van der Waals surface area contributed by atoms with Gasteiger partial charge in [0.05, 0.1) is 24.2 Å². The first-order valence-corrected chi connectivity index (χ1v) is 15.1. The van der Waals surface area contributed by atoms with Crippen molar-refractivity contribution in [2.75, 3.05) is 13.2 Å². The number of aldehydes is 1. The molecule has 1 aliphatic heterocycles. The molecule has 0 spiro atoms. The number of carbonyl (C=O) groups excluding carboxylic acids is 3. The molecule has 6 aliphatic rings. The predicted octanol–water partition coefficient (Wildman–Crippen LogP) is 6.17. The summed E-state index contributed by atoms with van der Waals surface area (Å²) in [5.41, 5.74) is -0.368. The lowest BCUT2D eigenvalue weighted by Gasteiger charge is -2.72. The number of rotatable bonds is 4. The zero-order chi connectivity index (χ0) is 26.6. The second-order valence-corrected chi connectivity index (χ2v) is 15.4. The fraction of sp³-hybridized carbons (Fsp3) is 0.906. The summed E-state index contributed by atoms with van der Waals surface area (Å²) < 4.78 is 11.9. The molecule has 2 unspecified atom stereocenters. The lowest BCUT2D eigenvalue weighted by atomic mass is 9.32. The van der Waals surface area contributed by atoms with E-state index in [1.807, 2.05) is 6.92 Å². The van der Waals surface area contributed by atoms with Crippen LogP contribution in [0.3, 0.4) is 0 Å². The van der Waals surface area contributed by atoms with Crippen LogP contribution < -0.4 is 0 Å². The van der Waals surface area contributed by atoms with Gasteiger partial charge >= 0.3 is 5.97 Å². The van der Waals surface area contributed by atoms with Crippen LogP contribution >= 0.6 is 0 Å². The van der Waals surface area contributed by atoms with Crippen LogP contribution in [0.1, 0.15) is 106 Å². The molecule has 0 bridgehead atoms. The van der Waals surface area contributed by atoms with E-state index in [4.69, 9.17) is 9.47 Å². The van der Waals surface area contributed by atoms with E-state index in [2.05, 4.69) is 27.7 Å². The second-order valence-electron chi connectivity index (χ2n) is 15.4. The number of esters is 1. The minimum absolute atomic E-state index is 0.0161. The normalized spacial score (nSPS) is 56.4. The second kappa shape index (κ2) is 7.92. The summed E-state index contributed by atoms with van der Waals surface area (Å²) in [5.74, 6) is 2.33. The molecule has 206 valence electrons. The topological polar surface area (TPSA) is 73.0 Å². The molecule has 0 aromatic rings. The summed E-state index contributed by atoms with van der Waals surface area (Å²) in [7, 11) is 0. The van der Waals surface area contributed by atoms with Gasteiger partial charge in [-0.2, -0.15) is 0 Å². The summed E-state index contributed by atoms with van der Waals surface area (Å²) in [6.45, 7) is 14.8. The first kappa shape index (κ1) is 26.0. The zero-order valence-electron chi connectivity index (χ0n) is 24.0. The van der Waals surface area contributed by atoms with Gasteiger partial charge < -0.3 is 14.3 Å². The van der Waals surface area contributed by atoms with E-state index >= 15 is 0 Å². The van der Waals surface area contributed by atoms with Gasteiger partial charge in [-0.05, 0) is 117 Å². The minimum atomic E-state index is -0.827. The lowest BCUT2D eigenvalue weighted by Crippen LogP contribution is -2.67. The molecule has 5 heteroatoms. The molecule has 37 heavy (non-hydrogen) atoms. The molecular formula is C32H48O5. The summed E-state index contributed by atoms with van der Waals surface area (Å²) >= 11 is 0. The molecule has 6 fully saturated rings. The van der Waals surface area contributed by atoms with Crippen molar-refractivity contribution >= 4 is 18.0 Å². The van der Waals surface area contributed by atoms with Crippen molar-refractivity contribution in [3.63, 3.8) is 0 Å². The summed E-state index contributed by atoms with van der Waals surface area (Å²) in [6.07, 6.45) is 11.5. The van der Waals surface area contributed by atoms with Gasteiger partial charge in [0.1, 0.15) is 12.1 Å². The fourth-order valence-electron chi connectivity index (χ4n) is 11.9. The van der Waals surface area contributed by atoms with Crippen molar-refractivity contribution in [3.05, 3.63) is 0 Å². The smallest absolute Gasteiger partial charge is 0.302 e. The van der Waals surface area contributed by atoms with Crippen molar-refractivity contribution in [1.82, 2.24) is 0 Å². The van der Waals surface area contributed by atoms with Gasteiger partial charge in [0.15, 0.2) is 0 Å². The van der Waals surface area contributed by atoms with E-state index < -0.39 is 5.41 Å². The van der Waals surface area contributed by atoms with Crippen LogP contribution in [0.5, 0.6) is 0 Å². The van der Waals surface area contributed by atoms with Crippen LogP contribution in [0.25, 0.3) is 0 Å². The maximum absolute atomic E-state index is 13.0. The molecule has 5 saturated carbocycles. The number of epoxide rings is 1. The van der Waals surface area contributed by atoms with E-state index in [0.29, 0.717) is 36.7 Å². The summed E-state index contributed by atoms with van der Waals surface area (Å²) in [5, 5.41) is 0. The zero-order valence-corrected chi connectivity index (χ0v) is 24.0. The third-order valence-corrected chi connectivity index (χ3v) is 14.3. The summed E-state index contributed by atoms with van der Waals surface area (Å²) in [4.78, 5) is 37.3. The van der Waals surface area contributed by atoms with Gasteiger partial charge in [0.25, 0.3) is 0 Å². The Labute approximate surface area is 223 Å². The van der Waals surface area contributed by atoms with E-state index in [1.54, 1.807) is 6.92 Å². The molecule has 0 N–H and O–H groups in total. The predicted molar refractivity (Wildman–Crippen MR) is 141 cm³/mol. The van der Waals surface area contributed by atoms with Crippen LogP contribution in [-0.4, -0.2) is 36.9 Å². The number of Topliss-reactive ketones (excluding diaryl/α,β-unsaturated/α-hetero) is 1. The van der Waals surface area contributed by atoms with Crippen molar-refractivity contribution < 1.29 is 23.9 Å². The van der Waals surface area contributed by atoms with E-state index in [1.165, 1.54) is 25.7 Å². The average molecular weight is 513 g/mol. The Morgan fingerprint density at radius 3 is 2.30 bits per heavy atom. The first-order chi connectivity index (χ1) is 17.3. The Kier molecular flexibility index (Phi) is 5.57. The van der Waals surface area contributed by atoms with Crippen LogP contribution in [0.15, 0.2) is 0 Å². The number of fused-ring (bicyclic) bond motifs is 7. The highest BCUT2D eigenvalue weighted by atomic mass is 16.6. The Morgan fingerprint density at radius 1 is 0.919 bits per heavy atom. The van der Waals surface area contributed by atoms with Gasteiger partial charge in [-0.3, -0.25) is 9.59 Å². The number of carbonyl (C=O) groups is 3. The van der Waals surface area contributed by atoms with E-state index in [-0.39, 0.29) is 44.9 Å². The van der Waals surface area contributed by atoms with Gasteiger partial charge in [0, 0.05) is 18.8 Å². The van der Waals surface area contributed by atoms with Gasteiger partial charge in [0.2, 0.25) is 0 Å². The molecule has 0 amide bonds. The Bertz CT molecular complexity index is 1020. The average Bonchev–Trinajstić information content (AvgIpc) is 3.47. The molecular weight excluding hydrogens is 464 g/mol. The first-order valence-electron chi connectivity index (χ1n) is 15.1. The number of ether oxygens (including phenoxy) is 2. The van der Waals surface area contributed by atoms with Gasteiger partial charge in [-0.25, -0.2) is 0 Å². The molecule has 6 rings (SSSR count). The number of hydrogen-bond acceptors (Lipinski definition) is 5. The SMILES string of the molecule is CC(=O)OC[C@]12CC[C@@H](C3(C)CO3)[C@@H]1C1CC[C@@H]3[C@@]4(C)CCC(=O)[C@@](C)(C=O)[C@@H]4CC[C@@]3(C)[C@]1(C)CC2. The van der Waals surface area contributed by atoms with Crippen LogP contribution in [-0.2, 0) is 23.9 Å². The van der Waals surface area contributed by atoms with E-state index in [0.717, 1.165) is 45.0 Å². The third-order valence-electron chi connectivity index (χ3n) is 14.3. The maximum Gasteiger partial charge on any atom is 0.302 e. The van der Waals surface area contributed by atoms with Gasteiger partial charge in [-0.1, -0.05) is 20.8 Å². The van der Waals surface area contributed by atoms with Crippen molar-refractivity contribution in [2.45, 2.75) is 111 Å². The molecule has 1 heterocycles. The minimum Gasteiger partial charge on any atom is -0.465 e. The van der Waals surface area contributed by atoms with Crippen molar-refractivity contribution in [2.24, 2.45) is 56.7 Å². The third kappa shape index (κ3) is 3.21. The fourth-order valence-corrected chi connectivity index (χ4v) is 11.9. The standard InChI is InChI=1S/C32H48O5/c1-20(34)36-19-32-14-9-22(31(6)18-37-31)26(32)21-7-8-24-27(2)12-11-25(35)28(3,17-33)23(27)10-13-30(24,5)29(21,4)15-16-32/h17,21-24,26H,7-16,18-19H2,1-6H3/t21?,22-,23-,24-,26+,27+,28+,29-,30-,31?,32-/m1/s1. The largest absolute Gasteiger partial charge is 0.465 e. The number of hydrogen-bond donors (Lipinski definition) is 0. The van der Waals surface area contributed by atoms with Crippen molar-refractivity contribution in [3.8, 4) is 0 Å². The van der Waals surface area contributed by atoms with E-state index in [9.17, 15) is 14.4 Å². The molecule has 0 aromatic carbocycles. The molecule has 5 aliphatic carbocycles. The Balaban J connectivity index is 1.38. The molecule has 0 radical (unpaired) electrons. The molecule has 1 saturated heterocycles. The van der Waals surface area contributed by atoms with Crippen molar-refractivity contribution in [1.29, 1.82) is 0 Å². The molecule has 0 aromatic heterocycles. The molecule has 11 atom stereocenters. The highest BCUT2D eigenvalue weighted by Crippen LogP contribution is 2.77. The van der Waals surface area contributed by atoms with Crippen LogP contribution in [0, 0.1) is 56.7 Å².